The van der Waals surface area contributed by atoms with Crippen LogP contribution in [0, 0.1) is 0 Å². The molecule has 2 heterocycles. The minimum absolute atomic E-state index is 0. The Labute approximate surface area is 249 Å². The number of aliphatic hydroxyl groups excluding tert-OH is 2. The Morgan fingerprint density at radius 1 is 0.651 bits per heavy atom. The summed E-state index contributed by atoms with van der Waals surface area (Å²) in [4.78, 5) is 9.26. The summed E-state index contributed by atoms with van der Waals surface area (Å²) < 4.78 is 126. The Kier molecular flexibility index (Phi) is 13.4. The first-order chi connectivity index (χ1) is 18.1. The molecule has 0 saturated heterocycles. The minimum atomic E-state index is -10.7. The van der Waals surface area contributed by atoms with E-state index in [2.05, 4.69) is 9.98 Å². The van der Waals surface area contributed by atoms with Crippen LogP contribution in [-0.2, 0) is 31.2 Å². The van der Waals surface area contributed by atoms with Crippen molar-refractivity contribution in [2.75, 3.05) is 13.1 Å². The largest absolute Gasteiger partial charge is 0 e. The van der Waals surface area contributed by atoms with Gasteiger partial charge in [-0.15, -0.1) is 0 Å². The fourth-order valence-electron chi connectivity index (χ4n) is 3.54. The van der Waals surface area contributed by atoms with Crippen molar-refractivity contribution in [3.05, 3.63) is 37.4 Å². The van der Waals surface area contributed by atoms with Gasteiger partial charge in [0.15, 0.2) is 12.1 Å². The molecule has 2 aromatic heterocycles. The normalized spacial score (nSPS) is 18.9. The molecule has 1 radical (unpaired) electrons. The first-order valence-corrected chi connectivity index (χ1v) is 15.7. The maximum Gasteiger partial charge on any atom is 0 e. The van der Waals surface area contributed by atoms with E-state index < -0.39 is 27.8 Å². The summed E-state index contributed by atoms with van der Waals surface area (Å²) in [6.45, 7) is 8.49. The van der Waals surface area contributed by atoms with Crippen LogP contribution < -0.4 is 9.13 Å². The summed E-state index contributed by atoms with van der Waals surface area (Å²) >= 11 is 0. The molecule has 261 valence electrons. The quantitative estimate of drug-likeness (QED) is 0.0714. The standard InChI is InChI=1S/C20H34N6O2.Cu.2F6P/c1-15(19(17(3)27)25-11-9-23(5)13-25)21-7-8-22-16(2)20(18(4)28)26-12-10-24(6)14-26;;2*1-7(2,3,4,5)6/h9-14,17-20,27-28H,7-8H2,1-6H3;;;/q+2;;2*-1. The molecule has 0 spiro atoms. The van der Waals surface area contributed by atoms with Gasteiger partial charge in [0.25, 0.3) is 0 Å². The number of aliphatic hydroxyl groups is 2. The molecule has 4 unspecified atom stereocenters. The van der Waals surface area contributed by atoms with Gasteiger partial charge in [-0.1, -0.05) is 0 Å². The number of aromatic nitrogens is 4. The molecule has 2 N–H and O–H groups in total. The predicted octanol–water partition coefficient (Wildman–Crippen LogP) is 7.17. The Bertz CT molecular complexity index is 1130. The topological polar surface area (TPSA) is 82.8 Å². The van der Waals surface area contributed by atoms with Gasteiger partial charge in [0, 0.05) is 17.1 Å². The summed E-state index contributed by atoms with van der Waals surface area (Å²) in [5, 5.41) is 20.4. The van der Waals surface area contributed by atoms with Crippen molar-refractivity contribution < 1.29 is 86.8 Å². The van der Waals surface area contributed by atoms with Gasteiger partial charge >= 0.3 is 66.0 Å². The molecule has 0 fully saturated rings. The second-order valence-electron chi connectivity index (χ2n) is 9.39. The van der Waals surface area contributed by atoms with Crippen molar-refractivity contribution in [1.82, 2.24) is 9.13 Å². The van der Waals surface area contributed by atoms with Crippen LogP contribution in [0.1, 0.15) is 39.8 Å². The SMILES string of the molecule is CC(=NCCN=C(C)C(C(C)O)n1cc[n+](C)c1)C(C(C)O)n1cc[n+](C)c1.F[P-](F)(F)(F)(F)F.F[P-](F)(F)(F)(F)F.[Cu]. The molecule has 0 saturated carbocycles. The number of aliphatic imine (C=N–C) groups is 2. The fourth-order valence-corrected chi connectivity index (χ4v) is 3.54. The zero-order valence-corrected chi connectivity index (χ0v) is 26.2. The van der Waals surface area contributed by atoms with Crippen molar-refractivity contribution in [2.24, 2.45) is 24.1 Å². The molecular formula is C20H34CuF12N6O2P2. The molecule has 0 bridgehead atoms. The van der Waals surface area contributed by atoms with Crippen molar-refractivity contribution in [2.45, 2.75) is 52.0 Å². The third kappa shape index (κ3) is 26.3. The number of nitrogens with zero attached hydrogens (tertiary/aromatic N) is 6. The third-order valence-corrected chi connectivity index (χ3v) is 4.81. The molecule has 0 aliphatic rings. The number of halogens is 12. The van der Waals surface area contributed by atoms with E-state index in [1.807, 2.05) is 83.7 Å². The van der Waals surface area contributed by atoms with E-state index in [1.54, 1.807) is 13.8 Å². The van der Waals surface area contributed by atoms with E-state index in [0.717, 1.165) is 11.4 Å². The van der Waals surface area contributed by atoms with Gasteiger partial charge in [-0.05, 0) is 27.7 Å². The summed E-state index contributed by atoms with van der Waals surface area (Å²) in [6.07, 6.45) is 10.5. The fraction of sp³-hybridized carbons (Fsp3) is 0.600. The van der Waals surface area contributed by atoms with E-state index in [4.69, 9.17) is 0 Å². The van der Waals surface area contributed by atoms with E-state index in [1.165, 1.54) is 0 Å². The third-order valence-electron chi connectivity index (χ3n) is 4.81. The van der Waals surface area contributed by atoms with Crippen molar-refractivity contribution in [3.63, 3.8) is 0 Å². The maximum absolute atomic E-state index is 10.7. The number of rotatable bonds is 9. The number of aryl methyl sites for hydroxylation is 2. The Morgan fingerprint density at radius 3 is 1.05 bits per heavy atom. The van der Waals surface area contributed by atoms with Gasteiger partial charge in [-0.25, -0.2) is 18.3 Å². The molecule has 0 aliphatic carbocycles. The van der Waals surface area contributed by atoms with Crippen molar-refractivity contribution in [3.8, 4) is 0 Å². The van der Waals surface area contributed by atoms with Crippen molar-refractivity contribution >= 4 is 27.0 Å². The van der Waals surface area contributed by atoms with E-state index in [9.17, 15) is 60.6 Å². The summed E-state index contributed by atoms with van der Waals surface area (Å²) in [5.74, 6) is 0. The van der Waals surface area contributed by atoms with Crippen LogP contribution >= 0.6 is 15.6 Å². The number of hydrogen-bond donors (Lipinski definition) is 2. The summed E-state index contributed by atoms with van der Waals surface area (Å²) in [6, 6.07) is -0.396. The second kappa shape index (κ2) is 13.3. The van der Waals surface area contributed by atoms with Gasteiger partial charge in [0.05, 0.1) is 50.8 Å². The van der Waals surface area contributed by atoms with Crippen LogP contribution in [0.2, 0.25) is 0 Å². The van der Waals surface area contributed by atoms with E-state index >= 15 is 0 Å². The van der Waals surface area contributed by atoms with Crippen LogP contribution in [0.3, 0.4) is 0 Å². The molecule has 2 rings (SSSR count). The average Bonchev–Trinajstić information content (AvgIpc) is 3.28. The molecule has 23 heteroatoms. The van der Waals surface area contributed by atoms with Crippen LogP contribution in [0.4, 0.5) is 50.4 Å². The molecule has 43 heavy (non-hydrogen) atoms. The van der Waals surface area contributed by atoms with Crippen LogP contribution in [0.5, 0.6) is 0 Å². The zero-order chi connectivity index (χ0) is 33.7. The second-order valence-corrected chi connectivity index (χ2v) is 13.2. The van der Waals surface area contributed by atoms with Gasteiger partial charge < -0.3 is 10.2 Å². The van der Waals surface area contributed by atoms with Crippen LogP contribution in [0.15, 0.2) is 47.4 Å². The van der Waals surface area contributed by atoms with E-state index in [0.29, 0.717) is 13.1 Å². The van der Waals surface area contributed by atoms with Crippen LogP contribution in [-0.4, -0.2) is 56.1 Å². The Morgan fingerprint density at radius 2 is 0.884 bits per heavy atom. The summed E-state index contributed by atoms with van der Waals surface area (Å²) in [5.41, 5.74) is 1.73. The van der Waals surface area contributed by atoms with Crippen LogP contribution in [0.25, 0.3) is 0 Å². The predicted molar refractivity (Wildman–Crippen MR) is 136 cm³/mol. The summed E-state index contributed by atoms with van der Waals surface area (Å²) in [7, 11) is -17.4. The van der Waals surface area contributed by atoms with Gasteiger partial charge in [-0.2, -0.15) is 0 Å². The monoisotopic (exact) mass is 743 g/mol. The van der Waals surface area contributed by atoms with Gasteiger partial charge in [0.1, 0.15) is 24.8 Å². The molecule has 0 aromatic carbocycles. The van der Waals surface area contributed by atoms with E-state index in [-0.39, 0.29) is 29.2 Å². The zero-order valence-electron chi connectivity index (χ0n) is 23.5. The minimum Gasteiger partial charge on any atom is 0 e. The first-order valence-electron chi connectivity index (χ1n) is 11.7. The molecular weight excluding hydrogens is 710 g/mol. The maximum atomic E-state index is 10.2. The molecule has 4 atom stereocenters. The molecule has 0 amide bonds. The number of imidazole rings is 2. The van der Waals surface area contributed by atoms with Crippen molar-refractivity contribution in [1.29, 1.82) is 0 Å². The van der Waals surface area contributed by atoms with Gasteiger partial charge in [0.2, 0.25) is 12.7 Å². The average molecular weight is 744 g/mol. The molecule has 0 aliphatic heterocycles. The Hall–Kier alpha value is -1.78. The first kappa shape index (κ1) is 43.3. The molecule has 2 aromatic rings. The number of hydrogen-bond acceptors (Lipinski definition) is 4. The smallest absolute Gasteiger partial charge is 0 e. The van der Waals surface area contributed by atoms with Gasteiger partial charge in [-0.3, -0.25) is 9.98 Å². The Balaban J connectivity index is 0. The molecule has 8 nitrogen and oxygen atoms in total.